The summed E-state index contributed by atoms with van der Waals surface area (Å²) in [6.07, 6.45) is 52.3. The molecule has 0 radical (unpaired) electrons. The van der Waals surface area contributed by atoms with Crippen molar-refractivity contribution in [2.45, 2.75) is 239 Å². The van der Waals surface area contributed by atoms with Crippen molar-refractivity contribution in [3.05, 3.63) is 48.6 Å². The van der Waals surface area contributed by atoms with Crippen molar-refractivity contribution in [1.29, 1.82) is 0 Å². The largest absolute Gasteiger partial charge is 0.462 e. The summed E-state index contributed by atoms with van der Waals surface area (Å²) in [5, 5.41) is 0. The Hall–Kier alpha value is -2.63. The molecule has 0 spiro atoms. The summed E-state index contributed by atoms with van der Waals surface area (Å²) >= 11 is 0. The molecule has 0 amide bonds. The van der Waals surface area contributed by atoms with Crippen molar-refractivity contribution in [2.24, 2.45) is 0 Å². The van der Waals surface area contributed by atoms with Gasteiger partial charge in [-0.2, -0.15) is 0 Å². The number of hydrogen-bond acceptors (Lipinski definition) is 6. The zero-order valence-corrected chi connectivity index (χ0v) is 36.9. The zero-order valence-electron chi connectivity index (χ0n) is 36.9. The Morgan fingerprint density at radius 1 is 0.375 bits per heavy atom. The molecule has 0 aliphatic carbocycles. The summed E-state index contributed by atoms with van der Waals surface area (Å²) in [5.41, 5.74) is 0. The standard InChI is InChI=1S/C50H88O6/c1-4-7-10-13-16-19-21-23-24-25-26-27-29-31-34-37-40-43-49(52)55-46-47(45-54-48(51)42-39-36-33-30-18-15-12-9-6-3)56-50(53)44-41-38-35-32-28-22-20-17-14-11-8-5-2/h7,10,16,19,23-24,26-27,47H,4-6,8-9,11-15,17-18,20-22,25,28-46H2,1-3H3/b10-7-,19-16-,24-23-,27-26-. The second-order valence-corrected chi connectivity index (χ2v) is 15.6. The molecule has 1 unspecified atom stereocenters. The van der Waals surface area contributed by atoms with Crippen molar-refractivity contribution >= 4 is 17.9 Å². The number of carbonyl (C=O) groups is 3. The lowest BCUT2D eigenvalue weighted by molar-refractivity contribution is -0.167. The number of carbonyl (C=O) groups excluding carboxylic acids is 3. The van der Waals surface area contributed by atoms with Crippen LogP contribution in [-0.4, -0.2) is 37.2 Å². The van der Waals surface area contributed by atoms with Crippen LogP contribution in [0.1, 0.15) is 233 Å². The molecule has 56 heavy (non-hydrogen) atoms. The summed E-state index contributed by atoms with van der Waals surface area (Å²) in [7, 11) is 0. The van der Waals surface area contributed by atoms with Crippen LogP contribution in [0.4, 0.5) is 0 Å². The molecule has 6 heteroatoms. The average Bonchev–Trinajstić information content (AvgIpc) is 3.19. The normalized spacial score (nSPS) is 12.4. The van der Waals surface area contributed by atoms with Gasteiger partial charge in [0.25, 0.3) is 0 Å². The molecule has 324 valence electrons. The first-order valence-electron chi connectivity index (χ1n) is 23.6. The molecular formula is C50H88O6. The van der Waals surface area contributed by atoms with E-state index in [2.05, 4.69) is 69.4 Å². The molecule has 0 rings (SSSR count). The van der Waals surface area contributed by atoms with E-state index < -0.39 is 6.10 Å². The summed E-state index contributed by atoms with van der Waals surface area (Å²) in [4.78, 5) is 37.7. The van der Waals surface area contributed by atoms with Crippen LogP contribution in [0.3, 0.4) is 0 Å². The highest BCUT2D eigenvalue weighted by molar-refractivity contribution is 5.71. The molecule has 0 N–H and O–H groups in total. The SMILES string of the molecule is CC/C=C\C/C=C\C/C=C\C/C=C\CCCCCCC(=O)OCC(COC(=O)CCCCCCCCCCC)OC(=O)CCCCCCCCCCCCCC. The second-order valence-electron chi connectivity index (χ2n) is 15.6. The smallest absolute Gasteiger partial charge is 0.306 e. The maximum Gasteiger partial charge on any atom is 0.306 e. The van der Waals surface area contributed by atoms with Crippen LogP contribution >= 0.6 is 0 Å². The van der Waals surface area contributed by atoms with E-state index in [4.69, 9.17) is 14.2 Å². The van der Waals surface area contributed by atoms with Gasteiger partial charge in [0.05, 0.1) is 0 Å². The lowest BCUT2D eigenvalue weighted by atomic mass is 10.0. The van der Waals surface area contributed by atoms with Gasteiger partial charge in [0.1, 0.15) is 13.2 Å². The van der Waals surface area contributed by atoms with Crippen molar-refractivity contribution in [2.75, 3.05) is 13.2 Å². The highest BCUT2D eigenvalue weighted by Crippen LogP contribution is 2.15. The van der Waals surface area contributed by atoms with Crippen LogP contribution in [0.25, 0.3) is 0 Å². The quantitative estimate of drug-likeness (QED) is 0.0265. The first-order valence-corrected chi connectivity index (χ1v) is 23.6. The molecule has 0 saturated carbocycles. The maximum atomic E-state index is 12.7. The minimum absolute atomic E-state index is 0.0783. The van der Waals surface area contributed by atoms with Crippen LogP contribution in [0.15, 0.2) is 48.6 Å². The number of unbranched alkanes of at least 4 members (excludes halogenated alkanes) is 23. The predicted octanol–water partition coefficient (Wildman–Crippen LogP) is 15.1. The first-order chi connectivity index (χ1) is 27.5. The molecule has 0 fully saturated rings. The van der Waals surface area contributed by atoms with E-state index in [-0.39, 0.29) is 31.1 Å². The fourth-order valence-corrected chi connectivity index (χ4v) is 6.55. The van der Waals surface area contributed by atoms with Crippen molar-refractivity contribution < 1.29 is 28.6 Å². The lowest BCUT2D eigenvalue weighted by Crippen LogP contribution is -2.30. The molecular weight excluding hydrogens is 697 g/mol. The van der Waals surface area contributed by atoms with Crippen LogP contribution in [-0.2, 0) is 28.6 Å². The fraction of sp³-hybridized carbons (Fsp3) is 0.780. The third-order valence-electron chi connectivity index (χ3n) is 10.1. The Morgan fingerprint density at radius 3 is 1.09 bits per heavy atom. The molecule has 0 aliphatic rings. The summed E-state index contributed by atoms with van der Waals surface area (Å²) in [6.45, 7) is 6.48. The fourth-order valence-electron chi connectivity index (χ4n) is 6.55. The predicted molar refractivity (Wildman–Crippen MR) is 238 cm³/mol. The van der Waals surface area contributed by atoms with Crippen LogP contribution < -0.4 is 0 Å². The zero-order chi connectivity index (χ0) is 40.8. The Balaban J connectivity index is 4.37. The minimum Gasteiger partial charge on any atom is -0.462 e. The Kier molecular flexibility index (Phi) is 43.0. The van der Waals surface area contributed by atoms with Gasteiger partial charge in [-0.1, -0.05) is 204 Å². The second kappa shape index (κ2) is 45.1. The molecule has 0 aromatic rings. The van der Waals surface area contributed by atoms with Crippen molar-refractivity contribution in [3.8, 4) is 0 Å². The van der Waals surface area contributed by atoms with Gasteiger partial charge in [-0.05, 0) is 57.8 Å². The molecule has 6 nitrogen and oxygen atoms in total. The number of esters is 3. The van der Waals surface area contributed by atoms with Crippen molar-refractivity contribution in [1.82, 2.24) is 0 Å². The van der Waals surface area contributed by atoms with Gasteiger partial charge in [-0.15, -0.1) is 0 Å². The molecule has 0 aliphatic heterocycles. The number of allylic oxidation sites excluding steroid dienone is 8. The minimum atomic E-state index is -0.776. The first kappa shape index (κ1) is 53.4. The van der Waals surface area contributed by atoms with Gasteiger partial charge < -0.3 is 14.2 Å². The molecule has 0 saturated heterocycles. The molecule has 0 aromatic carbocycles. The molecule has 0 heterocycles. The number of ether oxygens (including phenoxy) is 3. The highest BCUT2D eigenvalue weighted by atomic mass is 16.6. The van der Waals surface area contributed by atoms with E-state index in [0.29, 0.717) is 19.3 Å². The molecule has 0 aromatic heterocycles. The van der Waals surface area contributed by atoms with Gasteiger partial charge in [0.2, 0.25) is 0 Å². The number of hydrogen-bond donors (Lipinski definition) is 0. The Labute approximate surface area is 346 Å². The van der Waals surface area contributed by atoms with Gasteiger partial charge in [-0.3, -0.25) is 14.4 Å². The van der Waals surface area contributed by atoms with Gasteiger partial charge >= 0.3 is 17.9 Å². The van der Waals surface area contributed by atoms with Crippen molar-refractivity contribution in [3.63, 3.8) is 0 Å². The van der Waals surface area contributed by atoms with Gasteiger partial charge in [0.15, 0.2) is 6.10 Å². The topological polar surface area (TPSA) is 78.9 Å². The summed E-state index contributed by atoms with van der Waals surface area (Å²) in [5.74, 6) is -0.903. The summed E-state index contributed by atoms with van der Waals surface area (Å²) < 4.78 is 16.7. The van der Waals surface area contributed by atoms with E-state index in [1.165, 1.54) is 96.3 Å². The van der Waals surface area contributed by atoms with Crippen LogP contribution in [0.2, 0.25) is 0 Å². The third-order valence-corrected chi connectivity index (χ3v) is 10.1. The van der Waals surface area contributed by atoms with Crippen LogP contribution in [0.5, 0.6) is 0 Å². The van der Waals surface area contributed by atoms with Gasteiger partial charge in [-0.25, -0.2) is 0 Å². The van der Waals surface area contributed by atoms with Gasteiger partial charge in [0, 0.05) is 19.3 Å². The van der Waals surface area contributed by atoms with E-state index in [1.54, 1.807) is 0 Å². The Morgan fingerprint density at radius 2 is 0.696 bits per heavy atom. The molecule has 0 bridgehead atoms. The lowest BCUT2D eigenvalue weighted by Gasteiger charge is -2.18. The Bertz CT molecular complexity index is 996. The molecule has 1 atom stereocenters. The number of rotatable bonds is 42. The monoisotopic (exact) mass is 785 g/mol. The highest BCUT2D eigenvalue weighted by Gasteiger charge is 2.19. The van der Waals surface area contributed by atoms with Crippen LogP contribution in [0, 0.1) is 0 Å². The van der Waals surface area contributed by atoms with E-state index in [9.17, 15) is 14.4 Å². The summed E-state index contributed by atoms with van der Waals surface area (Å²) in [6, 6.07) is 0. The maximum absolute atomic E-state index is 12.7. The van der Waals surface area contributed by atoms with E-state index in [0.717, 1.165) is 96.3 Å². The average molecular weight is 785 g/mol. The van der Waals surface area contributed by atoms with E-state index in [1.807, 2.05) is 0 Å². The third kappa shape index (κ3) is 42.5. The van der Waals surface area contributed by atoms with E-state index >= 15 is 0 Å².